The number of anilines is 1. The van der Waals surface area contributed by atoms with Crippen LogP contribution in [0.1, 0.15) is 5.56 Å². The summed E-state index contributed by atoms with van der Waals surface area (Å²) in [6, 6.07) is 12.1. The maximum absolute atomic E-state index is 12.8. The average Bonchev–Trinajstić information content (AvgIpc) is 2.69. The van der Waals surface area contributed by atoms with E-state index in [2.05, 4.69) is 5.32 Å². The molecule has 2 aromatic rings. The summed E-state index contributed by atoms with van der Waals surface area (Å²) in [5, 5.41) is 2.79. The molecule has 0 aliphatic carbocycles. The number of rotatable bonds is 1. The summed E-state index contributed by atoms with van der Waals surface area (Å²) < 4.78 is 12.8. The smallest absolute Gasteiger partial charge is 0.228 e. The molecule has 1 amide bonds. The molecule has 0 bridgehead atoms. The van der Waals surface area contributed by atoms with Crippen LogP contribution in [-0.2, 0) is 11.2 Å². The van der Waals surface area contributed by atoms with Crippen molar-refractivity contribution in [1.29, 1.82) is 0 Å². The Morgan fingerprint density at radius 1 is 1.00 bits per heavy atom. The molecule has 0 atom stereocenters. The van der Waals surface area contributed by atoms with Gasteiger partial charge in [-0.2, -0.15) is 0 Å². The van der Waals surface area contributed by atoms with Gasteiger partial charge >= 0.3 is 0 Å². The molecule has 0 radical (unpaired) electrons. The van der Waals surface area contributed by atoms with E-state index in [1.165, 1.54) is 12.1 Å². The molecular formula is C14H10FNO. The summed E-state index contributed by atoms with van der Waals surface area (Å²) in [5.41, 5.74) is 3.83. The Labute approximate surface area is 98.1 Å². The summed E-state index contributed by atoms with van der Waals surface area (Å²) >= 11 is 0. The zero-order valence-corrected chi connectivity index (χ0v) is 9.03. The fraction of sp³-hybridized carbons (Fsp3) is 0.0714. The van der Waals surface area contributed by atoms with Crippen LogP contribution in [0.4, 0.5) is 10.1 Å². The lowest BCUT2D eigenvalue weighted by molar-refractivity contribution is -0.115. The minimum absolute atomic E-state index is 0.0243. The van der Waals surface area contributed by atoms with Gasteiger partial charge < -0.3 is 5.32 Å². The van der Waals surface area contributed by atoms with Gasteiger partial charge in [0, 0.05) is 5.69 Å². The van der Waals surface area contributed by atoms with Crippen LogP contribution in [0.15, 0.2) is 42.5 Å². The molecule has 0 saturated carbocycles. The molecule has 0 aromatic heterocycles. The van der Waals surface area contributed by atoms with E-state index in [0.717, 1.165) is 22.4 Å². The number of halogens is 1. The maximum atomic E-state index is 12.8. The van der Waals surface area contributed by atoms with Crippen LogP contribution in [-0.4, -0.2) is 5.91 Å². The molecule has 84 valence electrons. The Morgan fingerprint density at radius 2 is 1.71 bits per heavy atom. The van der Waals surface area contributed by atoms with Gasteiger partial charge in [0.15, 0.2) is 0 Å². The molecule has 1 N–H and O–H groups in total. The number of nitrogens with one attached hydrogen (secondary N) is 1. The van der Waals surface area contributed by atoms with Gasteiger partial charge in [-0.15, -0.1) is 0 Å². The summed E-state index contributed by atoms with van der Waals surface area (Å²) in [6.07, 6.45) is 0.421. The SMILES string of the molecule is O=C1Cc2cc(-c3ccc(F)cc3)ccc2N1. The quantitative estimate of drug-likeness (QED) is 0.797. The summed E-state index contributed by atoms with van der Waals surface area (Å²) in [5.74, 6) is -0.219. The van der Waals surface area contributed by atoms with E-state index in [4.69, 9.17) is 0 Å². The van der Waals surface area contributed by atoms with Gasteiger partial charge in [0.2, 0.25) is 5.91 Å². The van der Waals surface area contributed by atoms with Gasteiger partial charge in [0.1, 0.15) is 5.82 Å². The number of carbonyl (C=O) groups is 1. The van der Waals surface area contributed by atoms with Crippen molar-refractivity contribution in [1.82, 2.24) is 0 Å². The van der Waals surface area contributed by atoms with Crippen molar-refractivity contribution in [2.24, 2.45) is 0 Å². The molecule has 0 saturated heterocycles. The molecule has 17 heavy (non-hydrogen) atoms. The Hall–Kier alpha value is -2.16. The van der Waals surface area contributed by atoms with Crippen LogP contribution >= 0.6 is 0 Å². The lowest BCUT2D eigenvalue weighted by Crippen LogP contribution is -2.03. The Kier molecular flexibility index (Phi) is 2.18. The zero-order chi connectivity index (χ0) is 11.8. The Morgan fingerprint density at radius 3 is 2.47 bits per heavy atom. The van der Waals surface area contributed by atoms with Gasteiger partial charge in [-0.05, 0) is 41.0 Å². The number of carbonyl (C=O) groups excluding carboxylic acids is 1. The fourth-order valence-electron chi connectivity index (χ4n) is 2.05. The third-order valence-corrected chi connectivity index (χ3v) is 2.91. The molecule has 1 aliphatic rings. The second-order valence-electron chi connectivity index (χ2n) is 4.10. The van der Waals surface area contributed by atoms with Gasteiger partial charge in [0.25, 0.3) is 0 Å². The predicted octanol–water partition coefficient (Wildman–Crippen LogP) is 2.99. The van der Waals surface area contributed by atoms with Crippen molar-refractivity contribution in [3.05, 3.63) is 53.8 Å². The molecule has 1 heterocycles. The molecule has 3 heteroatoms. The average molecular weight is 227 g/mol. The van der Waals surface area contributed by atoms with Crippen LogP contribution in [0.2, 0.25) is 0 Å². The van der Waals surface area contributed by atoms with E-state index < -0.39 is 0 Å². The van der Waals surface area contributed by atoms with Gasteiger partial charge in [-0.25, -0.2) is 4.39 Å². The standard InChI is InChI=1S/C14H10FNO/c15-12-4-1-9(2-5-12)10-3-6-13-11(7-10)8-14(17)16-13/h1-7H,8H2,(H,16,17). The topological polar surface area (TPSA) is 29.1 Å². The van der Waals surface area contributed by atoms with Crippen LogP contribution in [0.3, 0.4) is 0 Å². The van der Waals surface area contributed by atoms with E-state index in [-0.39, 0.29) is 11.7 Å². The van der Waals surface area contributed by atoms with Gasteiger partial charge in [-0.3, -0.25) is 4.79 Å². The van der Waals surface area contributed by atoms with Crippen LogP contribution in [0, 0.1) is 5.82 Å². The molecule has 3 rings (SSSR count). The van der Waals surface area contributed by atoms with Crippen molar-refractivity contribution in [2.45, 2.75) is 6.42 Å². The van der Waals surface area contributed by atoms with Crippen LogP contribution in [0.5, 0.6) is 0 Å². The molecule has 0 spiro atoms. The van der Waals surface area contributed by atoms with Crippen LogP contribution in [0.25, 0.3) is 11.1 Å². The Bertz CT molecular complexity index is 590. The number of benzene rings is 2. The van der Waals surface area contributed by atoms with Gasteiger partial charge in [-0.1, -0.05) is 18.2 Å². The highest BCUT2D eigenvalue weighted by Gasteiger charge is 2.17. The largest absolute Gasteiger partial charge is 0.326 e. The zero-order valence-electron chi connectivity index (χ0n) is 9.03. The third-order valence-electron chi connectivity index (χ3n) is 2.91. The predicted molar refractivity (Wildman–Crippen MR) is 64.2 cm³/mol. The first kappa shape index (κ1) is 10.0. The number of hydrogen-bond acceptors (Lipinski definition) is 1. The lowest BCUT2D eigenvalue weighted by Gasteiger charge is -2.04. The van der Waals surface area contributed by atoms with E-state index in [9.17, 15) is 9.18 Å². The van der Waals surface area contributed by atoms with Crippen molar-refractivity contribution in [3.8, 4) is 11.1 Å². The number of hydrogen-bond donors (Lipinski definition) is 1. The molecule has 2 nitrogen and oxygen atoms in total. The third kappa shape index (κ3) is 1.80. The summed E-state index contributed by atoms with van der Waals surface area (Å²) in [7, 11) is 0. The normalized spacial score (nSPS) is 13.4. The second kappa shape index (κ2) is 3.70. The highest BCUT2D eigenvalue weighted by Crippen LogP contribution is 2.28. The number of fused-ring (bicyclic) bond motifs is 1. The first-order chi connectivity index (χ1) is 8.22. The molecule has 1 aliphatic heterocycles. The highest BCUT2D eigenvalue weighted by atomic mass is 19.1. The van der Waals surface area contributed by atoms with Gasteiger partial charge in [0.05, 0.1) is 6.42 Å². The van der Waals surface area contributed by atoms with Crippen molar-refractivity contribution >= 4 is 11.6 Å². The maximum Gasteiger partial charge on any atom is 0.228 e. The monoisotopic (exact) mass is 227 g/mol. The highest BCUT2D eigenvalue weighted by molar-refractivity contribution is 5.99. The molecule has 0 fully saturated rings. The van der Waals surface area contributed by atoms with E-state index >= 15 is 0 Å². The molecular weight excluding hydrogens is 217 g/mol. The first-order valence-electron chi connectivity index (χ1n) is 5.41. The van der Waals surface area contributed by atoms with E-state index in [0.29, 0.717) is 6.42 Å². The summed E-state index contributed by atoms with van der Waals surface area (Å²) in [6.45, 7) is 0. The molecule has 2 aromatic carbocycles. The van der Waals surface area contributed by atoms with E-state index in [1.807, 2.05) is 18.2 Å². The minimum atomic E-state index is -0.244. The number of amides is 1. The van der Waals surface area contributed by atoms with Crippen molar-refractivity contribution in [3.63, 3.8) is 0 Å². The van der Waals surface area contributed by atoms with Crippen molar-refractivity contribution < 1.29 is 9.18 Å². The first-order valence-corrected chi connectivity index (χ1v) is 5.41. The Balaban J connectivity index is 2.03. The molecule has 0 unspecified atom stereocenters. The lowest BCUT2D eigenvalue weighted by atomic mass is 10.0. The van der Waals surface area contributed by atoms with Crippen LogP contribution < -0.4 is 5.32 Å². The summed E-state index contributed by atoms with van der Waals surface area (Å²) in [4.78, 5) is 11.2. The van der Waals surface area contributed by atoms with Crippen molar-refractivity contribution in [2.75, 3.05) is 5.32 Å². The fourth-order valence-corrected chi connectivity index (χ4v) is 2.05. The second-order valence-corrected chi connectivity index (χ2v) is 4.10. The minimum Gasteiger partial charge on any atom is -0.326 e. The van der Waals surface area contributed by atoms with E-state index in [1.54, 1.807) is 12.1 Å².